The maximum atomic E-state index is 3.44. The van der Waals surface area contributed by atoms with Crippen molar-refractivity contribution in [3.63, 3.8) is 0 Å². The van der Waals surface area contributed by atoms with Gasteiger partial charge in [-0.25, -0.2) is 0 Å². The fourth-order valence-electron chi connectivity index (χ4n) is 1.43. The highest BCUT2D eigenvalue weighted by Crippen LogP contribution is 2.09. The van der Waals surface area contributed by atoms with E-state index in [4.69, 9.17) is 0 Å². The summed E-state index contributed by atoms with van der Waals surface area (Å²) in [6.07, 6.45) is 4.01. The highest BCUT2D eigenvalue weighted by atomic mass is 79.9. The van der Waals surface area contributed by atoms with Crippen LogP contribution in [0.3, 0.4) is 0 Å². The summed E-state index contributed by atoms with van der Waals surface area (Å²) in [5, 5.41) is 2.39. The topological polar surface area (TPSA) is 16.6 Å². The number of rotatable bonds is 6. The molecule has 78 valence electrons. The number of nitrogens with two attached hydrogens (primary N) is 1. The molecule has 0 radical (unpaired) electrons. The average Bonchev–Trinajstić information content (AvgIpc) is 2.21. The van der Waals surface area contributed by atoms with Crippen LogP contribution in [-0.2, 0) is 6.54 Å². The van der Waals surface area contributed by atoms with E-state index in [1.165, 1.54) is 31.4 Å². The van der Waals surface area contributed by atoms with E-state index in [1.807, 2.05) is 0 Å². The molecule has 1 aromatic rings. The van der Waals surface area contributed by atoms with Crippen molar-refractivity contribution in [1.29, 1.82) is 0 Å². The normalized spacial score (nSPS) is 10.4. The summed E-state index contributed by atoms with van der Waals surface area (Å²) < 4.78 is 1.16. The molecule has 0 spiro atoms. The second-order valence-electron chi connectivity index (χ2n) is 3.62. The van der Waals surface area contributed by atoms with Crippen molar-refractivity contribution in [3.8, 4) is 0 Å². The molecule has 14 heavy (non-hydrogen) atoms. The Balaban J connectivity index is 2.15. The lowest BCUT2D eigenvalue weighted by Gasteiger charge is -2.01. The first-order chi connectivity index (χ1) is 6.83. The number of hydrogen-bond donors (Lipinski definition) is 1. The van der Waals surface area contributed by atoms with Crippen LogP contribution < -0.4 is 5.32 Å². The fourth-order valence-corrected chi connectivity index (χ4v) is 1.69. The van der Waals surface area contributed by atoms with Crippen molar-refractivity contribution < 1.29 is 5.32 Å². The van der Waals surface area contributed by atoms with E-state index in [1.54, 1.807) is 0 Å². The molecule has 0 aliphatic carbocycles. The van der Waals surface area contributed by atoms with Crippen molar-refractivity contribution >= 4 is 15.9 Å². The molecule has 0 aliphatic rings. The molecule has 0 aliphatic heterocycles. The second kappa shape index (κ2) is 7.02. The van der Waals surface area contributed by atoms with Gasteiger partial charge in [-0.2, -0.15) is 0 Å². The van der Waals surface area contributed by atoms with Crippen LogP contribution in [0.1, 0.15) is 31.7 Å². The van der Waals surface area contributed by atoms with E-state index in [9.17, 15) is 0 Å². The summed E-state index contributed by atoms with van der Waals surface area (Å²) in [5.74, 6) is 0. The molecular formula is C12H19BrN+. The molecule has 0 unspecified atom stereocenters. The van der Waals surface area contributed by atoms with E-state index >= 15 is 0 Å². The molecule has 0 heterocycles. The summed E-state index contributed by atoms with van der Waals surface area (Å²) in [7, 11) is 0. The Morgan fingerprint density at radius 1 is 1.14 bits per heavy atom. The number of unbranched alkanes of at least 4 members (excludes halogenated alkanes) is 2. The molecule has 1 nitrogen and oxygen atoms in total. The monoisotopic (exact) mass is 256 g/mol. The summed E-state index contributed by atoms with van der Waals surface area (Å²) in [4.78, 5) is 0. The Hall–Kier alpha value is -0.340. The zero-order valence-electron chi connectivity index (χ0n) is 8.80. The SMILES string of the molecule is CCCCC[NH2+]Cc1ccc(Br)cc1. The van der Waals surface area contributed by atoms with Crippen LogP contribution in [0, 0.1) is 0 Å². The predicted octanol–water partition coefficient (Wildman–Crippen LogP) is 2.70. The van der Waals surface area contributed by atoms with Crippen molar-refractivity contribution in [2.75, 3.05) is 6.54 Å². The van der Waals surface area contributed by atoms with Crippen molar-refractivity contribution in [1.82, 2.24) is 0 Å². The third-order valence-corrected chi connectivity index (χ3v) is 2.83. The molecule has 1 aromatic carbocycles. The molecule has 0 saturated carbocycles. The van der Waals surface area contributed by atoms with Crippen LogP contribution in [0.15, 0.2) is 28.7 Å². The Morgan fingerprint density at radius 2 is 1.86 bits per heavy atom. The molecule has 2 heteroatoms. The van der Waals surface area contributed by atoms with Crippen molar-refractivity contribution in [2.24, 2.45) is 0 Å². The van der Waals surface area contributed by atoms with Crippen molar-refractivity contribution in [2.45, 2.75) is 32.7 Å². The van der Waals surface area contributed by atoms with Gasteiger partial charge in [-0.05, 0) is 25.0 Å². The van der Waals surface area contributed by atoms with Crippen LogP contribution in [0.2, 0.25) is 0 Å². The third kappa shape index (κ3) is 4.77. The maximum absolute atomic E-state index is 3.44. The maximum Gasteiger partial charge on any atom is 0.101 e. The lowest BCUT2D eigenvalue weighted by Crippen LogP contribution is -2.82. The van der Waals surface area contributed by atoms with Gasteiger partial charge in [0.1, 0.15) is 6.54 Å². The molecule has 0 fully saturated rings. The first kappa shape index (κ1) is 11.7. The molecular weight excluding hydrogens is 238 g/mol. The van der Waals surface area contributed by atoms with Crippen molar-refractivity contribution in [3.05, 3.63) is 34.3 Å². The van der Waals surface area contributed by atoms with Gasteiger partial charge in [0.15, 0.2) is 0 Å². The van der Waals surface area contributed by atoms with Crippen LogP contribution in [0.4, 0.5) is 0 Å². The molecule has 2 N–H and O–H groups in total. The van der Waals surface area contributed by atoms with Crippen LogP contribution in [-0.4, -0.2) is 6.54 Å². The highest BCUT2D eigenvalue weighted by molar-refractivity contribution is 9.10. The molecule has 0 atom stereocenters. The van der Waals surface area contributed by atoms with Gasteiger partial charge in [0.25, 0.3) is 0 Å². The van der Waals surface area contributed by atoms with E-state index in [0.29, 0.717) is 0 Å². The Labute approximate surface area is 95.0 Å². The third-order valence-electron chi connectivity index (χ3n) is 2.31. The first-order valence-corrected chi connectivity index (χ1v) is 6.18. The minimum atomic E-state index is 1.11. The zero-order chi connectivity index (χ0) is 10.2. The Bertz CT molecular complexity index is 243. The Morgan fingerprint density at radius 3 is 2.50 bits per heavy atom. The molecule has 0 bridgehead atoms. The van der Waals surface area contributed by atoms with E-state index in [2.05, 4.69) is 52.4 Å². The van der Waals surface area contributed by atoms with Gasteiger partial charge in [-0.1, -0.05) is 41.4 Å². The van der Waals surface area contributed by atoms with Gasteiger partial charge in [0.05, 0.1) is 6.54 Å². The largest absolute Gasteiger partial charge is 0.343 e. The quantitative estimate of drug-likeness (QED) is 0.754. The average molecular weight is 257 g/mol. The number of benzene rings is 1. The van der Waals surface area contributed by atoms with Gasteiger partial charge in [-0.3, -0.25) is 0 Å². The fraction of sp³-hybridized carbons (Fsp3) is 0.500. The lowest BCUT2D eigenvalue weighted by atomic mass is 10.2. The second-order valence-corrected chi connectivity index (χ2v) is 4.53. The number of quaternary nitrogens is 1. The smallest absolute Gasteiger partial charge is 0.101 e. The molecule has 0 saturated heterocycles. The summed E-state index contributed by atoms with van der Waals surface area (Å²) in [5.41, 5.74) is 1.41. The zero-order valence-corrected chi connectivity index (χ0v) is 10.4. The minimum absolute atomic E-state index is 1.11. The van der Waals surface area contributed by atoms with Crippen LogP contribution >= 0.6 is 15.9 Å². The minimum Gasteiger partial charge on any atom is -0.343 e. The first-order valence-electron chi connectivity index (χ1n) is 5.39. The van der Waals surface area contributed by atoms with Gasteiger partial charge in [0, 0.05) is 10.0 Å². The van der Waals surface area contributed by atoms with Gasteiger partial charge < -0.3 is 5.32 Å². The predicted molar refractivity (Wildman–Crippen MR) is 64.2 cm³/mol. The molecule has 0 amide bonds. The standard InChI is InChI=1S/C12H18BrN/c1-2-3-4-9-14-10-11-5-7-12(13)8-6-11/h5-8,14H,2-4,9-10H2,1H3/p+1. The van der Waals surface area contributed by atoms with Gasteiger partial charge in [0.2, 0.25) is 0 Å². The molecule has 0 aromatic heterocycles. The summed E-state index contributed by atoms with van der Waals surface area (Å²) in [6.45, 7) is 4.61. The summed E-state index contributed by atoms with van der Waals surface area (Å²) in [6, 6.07) is 8.57. The summed E-state index contributed by atoms with van der Waals surface area (Å²) >= 11 is 3.44. The van der Waals surface area contributed by atoms with E-state index in [0.717, 1.165) is 11.0 Å². The number of hydrogen-bond acceptors (Lipinski definition) is 0. The number of halogens is 1. The highest BCUT2D eigenvalue weighted by Gasteiger charge is 1.95. The van der Waals surface area contributed by atoms with Crippen LogP contribution in [0.5, 0.6) is 0 Å². The lowest BCUT2D eigenvalue weighted by molar-refractivity contribution is -0.671. The van der Waals surface area contributed by atoms with E-state index < -0.39 is 0 Å². The Kier molecular flexibility index (Phi) is 5.88. The molecule has 1 rings (SSSR count). The van der Waals surface area contributed by atoms with E-state index in [-0.39, 0.29) is 0 Å². The van der Waals surface area contributed by atoms with Gasteiger partial charge >= 0.3 is 0 Å². The van der Waals surface area contributed by atoms with Crippen LogP contribution in [0.25, 0.3) is 0 Å². The van der Waals surface area contributed by atoms with Gasteiger partial charge in [-0.15, -0.1) is 0 Å².